The number of aryl methyl sites for hydroxylation is 2. The van der Waals surface area contributed by atoms with Crippen LogP contribution >= 0.6 is 15.9 Å². The average Bonchev–Trinajstić information content (AvgIpc) is 2.61. The Balaban J connectivity index is 2.36. The number of benzene rings is 1. The van der Waals surface area contributed by atoms with E-state index in [1.165, 1.54) is 11.1 Å². The molecule has 0 amide bonds. The van der Waals surface area contributed by atoms with Crippen molar-refractivity contribution in [2.75, 3.05) is 0 Å². The van der Waals surface area contributed by atoms with Crippen LogP contribution in [0.4, 0.5) is 0 Å². The Hall–Kier alpha value is -1.13. The summed E-state index contributed by atoms with van der Waals surface area (Å²) in [4.78, 5) is 4.37. The van der Waals surface area contributed by atoms with Crippen molar-refractivity contribution in [2.24, 2.45) is 0 Å². The minimum atomic E-state index is -0.0261. The molecule has 0 bridgehead atoms. The van der Waals surface area contributed by atoms with Gasteiger partial charge in [0, 0.05) is 16.7 Å². The molecule has 4 heteroatoms. The van der Waals surface area contributed by atoms with Crippen molar-refractivity contribution in [3.63, 3.8) is 0 Å². The molecule has 18 heavy (non-hydrogen) atoms. The van der Waals surface area contributed by atoms with E-state index in [-0.39, 0.29) is 6.61 Å². The summed E-state index contributed by atoms with van der Waals surface area (Å²) in [5.74, 6) is 0.724. The summed E-state index contributed by atoms with van der Waals surface area (Å²) < 4.78 is 3.17. The molecular weight excluding hydrogens is 292 g/mol. The van der Waals surface area contributed by atoms with E-state index in [1.54, 1.807) is 0 Å². The third-order valence-electron chi connectivity index (χ3n) is 3.26. The smallest absolute Gasteiger partial charge is 0.135 e. The first kappa shape index (κ1) is 13.3. The molecule has 0 aliphatic heterocycles. The lowest BCUT2D eigenvalue weighted by molar-refractivity contribution is 0.265. The fraction of sp³-hybridized carbons (Fsp3) is 0.357. The van der Waals surface area contributed by atoms with E-state index >= 15 is 0 Å². The van der Waals surface area contributed by atoms with Gasteiger partial charge in [0.1, 0.15) is 12.4 Å². The number of rotatable bonds is 3. The second-order valence-electron chi connectivity index (χ2n) is 4.53. The van der Waals surface area contributed by atoms with Gasteiger partial charge in [-0.15, -0.1) is 0 Å². The van der Waals surface area contributed by atoms with Crippen molar-refractivity contribution >= 4 is 15.9 Å². The lowest BCUT2D eigenvalue weighted by atomic mass is 10.1. The van der Waals surface area contributed by atoms with Gasteiger partial charge < -0.3 is 9.67 Å². The summed E-state index contributed by atoms with van der Waals surface area (Å²) >= 11 is 3.54. The Labute approximate surface area is 116 Å². The lowest BCUT2D eigenvalue weighted by Gasteiger charge is -2.10. The van der Waals surface area contributed by atoms with Crippen molar-refractivity contribution in [1.82, 2.24) is 9.55 Å². The van der Waals surface area contributed by atoms with Crippen molar-refractivity contribution in [3.8, 4) is 0 Å². The number of imidazole rings is 1. The molecule has 0 unspecified atom stereocenters. The normalized spacial score (nSPS) is 10.9. The van der Waals surface area contributed by atoms with E-state index in [2.05, 4.69) is 50.6 Å². The van der Waals surface area contributed by atoms with Crippen LogP contribution in [-0.2, 0) is 13.2 Å². The van der Waals surface area contributed by atoms with Crippen molar-refractivity contribution in [3.05, 3.63) is 51.0 Å². The molecule has 0 atom stereocenters. The van der Waals surface area contributed by atoms with E-state index in [4.69, 9.17) is 0 Å². The first-order chi connectivity index (χ1) is 8.52. The molecule has 0 aliphatic carbocycles. The van der Waals surface area contributed by atoms with Crippen LogP contribution < -0.4 is 0 Å². The van der Waals surface area contributed by atoms with Crippen molar-refractivity contribution < 1.29 is 5.11 Å². The SMILES string of the molecule is Cc1ccc(Cn2c(CO)nc(C)c2C)cc1Br. The van der Waals surface area contributed by atoms with Crippen LogP contribution in [0, 0.1) is 20.8 Å². The molecule has 2 rings (SSSR count). The van der Waals surface area contributed by atoms with Gasteiger partial charge >= 0.3 is 0 Å². The van der Waals surface area contributed by atoms with E-state index < -0.39 is 0 Å². The molecule has 0 radical (unpaired) electrons. The van der Waals surface area contributed by atoms with Crippen molar-refractivity contribution in [2.45, 2.75) is 33.9 Å². The van der Waals surface area contributed by atoms with Gasteiger partial charge in [0.05, 0.1) is 5.69 Å². The molecule has 0 spiro atoms. The number of aromatic nitrogens is 2. The Morgan fingerprint density at radius 3 is 2.61 bits per heavy atom. The van der Waals surface area contributed by atoms with E-state index in [9.17, 15) is 5.11 Å². The molecule has 0 saturated carbocycles. The summed E-state index contributed by atoms with van der Waals surface area (Å²) in [6.45, 7) is 6.78. The summed E-state index contributed by atoms with van der Waals surface area (Å²) in [6, 6.07) is 6.32. The number of aliphatic hydroxyl groups excluding tert-OH is 1. The predicted molar refractivity (Wildman–Crippen MR) is 75.6 cm³/mol. The van der Waals surface area contributed by atoms with Gasteiger partial charge in [0.25, 0.3) is 0 Å². The van der Waals surface area contributed by atoms with Gasteiger partial charge in [-0.3, -0.25) is 0 Å². The Morgan fingerprint density at radius 2 is 2.00 bits per heavy atom. The second kappa shape index (κ2) is 5.24. The third kappa shape index (κ3) is 2.49. The number of hydrogen-bond donors (Lipinski definition) is 1. The van der Waals surface area contributed by atoms with Crippen LogP contribution in [0.2, 0.25) is 0 Å². The minimum absolute atomic E-state index is 0.0261. The van der Waals surface area contributed by atoms with Gasteiger partial charge in [-0.2, -0.15) is 0 Å². The van der Waals surface area contributed by atoms with Crippen LogP contribution in [0.5, 0.6) is 0 Å². The van der Waals surface area contributed by atoms with Gasteiger partial charge in [-0.25, -0.2) is 4.98 Å². The standard InChI is InChI=1S/C14H17BrN2O/c1-9-4-5-12(6-13(9)15)7-17-11(3)10(2)16-14(17)8-18/h4-6,18H,7-8H2,1-3H3. The monoisotopic (exact) mass is 308 g/mol. The van der Waals surface area contributed by atoms with Crippen LogP contribution in [0.15, 0.2) is 22.7 Å². The zero-order valence-electron chi connectivity index (χ0n) is 10.9. The van der Waals surface area contributed by atoms with Crippen LogP contribution in [0.3, 0.4) is 0 Å². The summed E-state index contributed by atoms with van der Waals surface area (Å²) in [7, 11) is 0. The number of halogens is 1. The molecule has 1 aromatic carbocycles. The molecule has 96 valence electrons. The van der Waals surface area contributed by atoms with Crippen LogP contribution in [-0.4, -0.2) is 14.7 Å². The van der Waals surface area contributed by atoms with Crippen molar-refractivity contribution in [1.29, 1.82) is 0 Å². The Kier molecular flexibility index (Phi) is 3.88. The molecule has 0 saturated heterocycles. The molecule has 1 aromatic heterocycles. The van der Waals surface area contributed by atoms with Gasteiger partial charge in [-0.05, 0) is 38.0 Å². The highest BCUT2D eigenvalue weighted by Crippen LogP contribution is 2.20. The highest BCUT2D eigenvalue weighted by atomic mass is 79.9. The third-order valence-corrected chi connectivity index (χ3v) is 4.11. The number of hydrogen-bond acceptors (Lipinski definition) is 2. The van der Waals surface area contributed by atoms with Crippen LogP contribution in [0.25, 0.3) is 0 Å². The molecular formula is C14H17BrN2O. The van der Waals surface area contributed by atoms with Crippen LogP contribution in [0.1, 0.15) is 28.3 Å². The van der Waals surface area contributed by atoms with E-state index in [0.717, 1.165) is 28.2 Å². The van der Waals surface area contributed by atoms with E-state index in [0.29, 0.717) is 0 Å². The highest BCUT2D eigenvalue weighted by Gasteiger charge is 2.10. The predicted octanol–water partition coefficient (Wildman–Crippen LogP) is 3.11. The average molecular weight is 309 g/mol. The first-order valence-electron chi connectivity index (χ1n) is 5.91. The Morgan fingerprint density at radius 1 is 1.28 bits per heavy atom. The second-order valence-corrected chi connectivity index (χ2v) is 5.38. The molecule has 0 fully saturated rings. The summed E-state index contributed by atoms with van der Waals surface area (Å²) in [6.07, 6.45) is 0. The molecule has 1 N–H and O–H groups in total. The topological polar surface area (TPSA) is 38.0 Å². The first-order valence-corrected chi connectivity index (χ1v) is 6.70. The van der Waals surface area contributed by atoms with E-state index in [1.807, 2.05) is 13.8 Å². The fourth-order valence-corrected chi connectivity index (χ4v) is 2.40. The molecule has 0 aliphatic rings. The molecule has 2 aromatic rings. The molecule has 1 heterocycles. The number of nitrogens with zero attached hydrogens (tertiary/aromatic N) is 2. The molecule has 3 nitrogen and oxygen atoms in total. The Bertz CT molecular complexity index is 575. The lowest BCUT2D eigenvalue weighted by Crippen LogP contribution is -2.07. The minimum Gasteiger partial charge on any atom is -0.388 e. The number of aliphatic hydroxyl groups is 1. The maximum absolute atomic E-state index is 9.34. The largest absolute Gasteiger partial charge is 0.388 e. The zero-order valence-corrected chi connectivity index (χ0v) is 12.5. The zero-order chi connectivity index (χ0) is 13.3. The highest BCUT2D eigenvalue weighted by molar-refractivity contribution is 9.10. The summed E-state index contributed by atoms with van der Waals surface area (Å²) in [5, 5.41) is 9.34. The maximum Gasteiger partial charge on any atom is 0.135 e. The quantitative estimate of drug-likeness (QED) is 0.946. The van der Waals surface area contributed by atoms with Gasteiger partial charge in [0.15, 0.2) is 0 Å². The fourth-order valence-electron chi connectivity index (χ4n) is 1.97. The van der Waals surface area contributed by atoms with Gasteiger partial charge in [-0.1, -0.05) is 28.1 Å². The van der Waals surface area contributed by atoms with Gasteiger partial charge in [0.2, 0.25) is 0 Å². The maximum atomic E-state index is 9.34. The summed E-state index contributed by atoms with van der Waals surface area (Å²) in [5.41, 5.74) is 4.50.